The summed E-state index contributed by atoms with van der Waals surface area (Å²) in [4.78, 5) is 12.2. The largest absolute Gasteiger partial charge is 0.494 e. The molecule has 1 fully saturated rings. The Kier molecular flexibility index (Phi) is 5.01. The van der Waals surface area contributed by atoms with Crippen LogP contribution in [0.25, 0.3) is 0 Å². The van der Waals surface area contributed by atoms with E-state index in [1.165, 1.54) is 0 Å². The van der Waals surface area contributed by atoms with Crippen molar-refractivity contribution in [2.45, 2.75) is 39.3 Å². The molecule has 1 aromatic rings. The van der Waals surface area contributed by atoms with Crippen molar-refractivity contribution in [2.24, 2.45) is 5.92 Å². The number of ether oxygens (including phenoxy) is 1. The van der Waals surface area contributed by atoms with Gasteiger partial charge in [-0.25, -0.2) is 0 Å². The fraction of sp³-hybridized carbons (Fsp3) is 0.562. The third-order valence-corrected chi connectivity index (χ3v) is 3.87. The summed E-state index contributed by atoms with van der Waals surface area (Å²) in [5.74, 6) is 1.36. The maximum absolute atomic E-state index is 12.2. The minimum Gasteiger partial charge on any atom is -0.494 e. The van der Waals surface area contributed by atoms with E-state index in [0.29, 0.717) is 12.5 Å². The van der Waals surface area contributed by atoms with Crippen molar-refractivity contribution in [1.82, 2.24) is 10.6 Å². The third-order valence-electron chi connectivity index (χ3n) is 3.87. The summed E-state index contributed by atoms with van der Waals surface area (Å²) in [6.45, 7) is 7.68. The first-order valence-electron chi connectivity index (χ1n) is 7.38. The first kappa shape index (κ1) is 14.9. The standard InChI is InChI=1S/C16H24N2O2/c1-4-20-14-7-5-13(6-8-14)12(3)18-16(19)15-11(2)9-10-17-15/h5-8,11-12,15,17H,4,9-10H2,1-3H3,(H,18,19). The fourth-order valence-electron chi connectivity index (χ4n) is 2.59. The van der Waals surface area contributed by atoms with Crippen molar-refractivity contribution in [3.63, 3.8) is 0 Å². The second-order valence-electron chi connectivity index (χ2n) is 5.43. The summed E-state index contributed by atoms with van der Waals surface area (Å²) in [6, 6.07) is 7.84. The molecule has 1 amide bonds. The number of carbonyl (C=O) groups is 1. The zero-order valence-corrected chi connectivity index (χ0v) is 12.5. The Morgan fingerprint density at radius 2 is 2.15 bits per heavy atom. The van der Waals surface area contributed by atoms with Gasteiger partial charge < -0.3 is 15.4 Å². The molecule has 3 unspecified atom stereocenters. The first-order valence-corrected chi connectivity index (χ1v) is 7.38. The lowest BCUT2D eigenvalue weighted by Gasteiger charge is -2.20. The molecule has 110 valence electrons. The van der Waals surface area contributed by atoms with Crippen LogP contribution in [0.4, 0.5) is 0 Å². The van der Waals surface area contributed by atoms with Gasteiger partial charge in [-0.15, -0.1) is 0 Å². The molecule has 0 bridgehead atoms. The molecule has 0 radical (unpaired) electrons. The maximum Gasteiger partial charge on any atom is 0.237 e. The lowest BCUT2D eigenvalue weighted by molar-refractivity contribution is -0.124. The van der Waals surface area contributed by atoms with Crippen LogP contribution in [0.15, 0.2) is 24.3 Å². The highest BCUT2D eigenvalue weighted by atomic mass is 16.5. The summed E-state index contributed by atoms with van der Waals surface area (Å²) < 4.78 is 5.42. The highest BCUT2D eigenvalue weighted by Crippen LogP contribution is 2.19. The van der Waals surface area contributed by atoms with Gasteiger partial charge in [0, 0.05) is 0 Å². The second-order valence-corrected chi connectivity index (χ2v) is 5.43. The quantitative estimate of drug-likeness (QED) is 0.867. The number of carbonyl (C=O) groups excluding carboxylic acids is 1. The SMILES string of the molecule is CCOc1ccc(C(C)NC(=O)C2NCCC2C)cc1. The molecule has 1 heterocycles. The van der Waals surface area contributed by atoms with Gasteiger partial charge in [0.1, 0.15) is 5.75 Å². The monoisotopic (exact) mass is 276 g/mol. The zero-order valence-electron chi connectivity index (χ0n) is 12.5. The molecule has 1 saturated heterocycles. The summed E-state index contributed by atoms with van der Waals surface area (Å²) in [6.07, 6.45) is 1.07. The summed E-state index contributed by atoms with van der Waals surface area (Å²) >= 11 is 0. The number of rotatable bonds is 5. The van der Waals surface area contributed by atoms with Crippen LogP contribution in [-0.4, -0.2) is 25.1 Å². The Morgan fingerprint density at radius 1 is 1.45 bits per heavy atom. The topological polar surface area (TPSA) is 50.4 Å². The predicted molar refractivity (Wildman–Crippen MR) is 79.7 cm³/mol. The fourth-order valence-corrected chi connectivity index (χ4v) is 2.59. The maximum atomic E-state index is 12.2. The van der Waals surface area contributed by atoms with Gasteiger partial charge in [0.25, 0.3) is 0 Å². The molecule has 1 aliphatic rings. The van der Waals surface area contributed by atoms with Crippen LogP contribution in [0.2, 0.25) is 0 Å². The Balaban J connectivity index is 1.93. The van der Waals surface area contributed by atoms with E-state index in [4.69, 9.17) is 4.74 Å². The zero-order chi connectivity index (χ0) is 14.5. The van der Waals surface area contributed by atoms with E-state index in [1.807, 2.05) is 38.1 Å². The van der Waals surface area contributed by atoms with Gasteiger partial charge >= 0.3 is 0 Å². The molecular formula is C16H24N2O2. The average molecular weight is 276 g/mol. The molecule has 1 aliphatic heterocycles. The Labute approximate surface area is 120 Å². The highest BCUT2D eigenvalue weighted by molar-refractivity contribution is 5.82. The molecule has 20 heavy (non-hydrogen) atoms. The molecule has 0 aliphatic carbocycles. The van der Waals surface area contributed by atoms with Crippen molar-refractivity contribution in [2.75, 3.05) is 13.2 Å². The van der Waals surface area contributed by atoms with Crippen molar-refractivity contribution >= 4 is 5.91 Å². The normalized spacial score (nSPS) is 23.4. The lowest BCUT2D eigenvalue weighted by Crippen LogP contribution is -2.44. The second kappa shape index (κ2) is 6.75. The Bertz CT molecular complexity index is 444. The van der Waals surface area contributed by atoms with Crippen LogP contribution >= 0.6 is 0 Å². The molecule has 0 saturated carbocycles. The Hall–Kier alpha value is -1.55. The Morgan fingerprint density at radius 3 is 2.70 bits per heavy atom. The number of nitrogens with one attached hydrogen (secondary N) is 2. The first-order chi connectivity index (χ1) is 9.61. The molecule has 1 aromatic carbocycles. The van der Waals surface area contributed by atoms with Gasteiger partial charge in [-0.2, -0.15) is 0 Å². The van der Waals surface area contributed by atoms with Gasteiger partial charge in [0.15, 0.2) is 0 Å². The van der Waals surface area contributed by atoms with E-state index in [2.05, 4.69) is 17.6 Å². The summed E-state index contributed by atoms with van der Waals surface area (Å²) in [5.41, 5.74) is 1.09. The van der Waals surface area contributed by atoms with E-state index in [9.17, 15) is 4.79 Å². The van der Waals surface area contributed by atoms with Crippen LogP contribution in [0, 0.1) is 5.92 Å². The molecule has 0 aromatic heterocycles. The summed E-state index contributed by atoms with van der Waals surface area (Å²) in [7, 11) is 0. The van der Waals surface area contributed by atoms with Crippen LogP contribution in [-0.2, 0) is 4.79 Å². The van der Waals surface area contributed by atoms with Gasteiger partial charge in [0.05, 0.1) is 18.7 Å². The third kappa shape index (κ3) is 3.51. The smallest absolute Gasteiger partial charge is 0.237 e. The molecule has 0 spiro atoms. The molecule has 3 atom stereocenters. The van der Waals surface area contributed by atoms with Crippen molar-refractivity contribution in [3.8, 4) is 5.75 Å². The van der Waals surface area contributed by atoms with E-state index in [-0.39, 0.29) is 18.0 Å². The number of benzene rings is 1. The van der Waals surface area contributed by atoms with Crippen LogP contribution in [0.5, 0.6) is 5.75 Å². The van der Waals surface area contributed by atoms with Gasteiger partial charge in [-0.3, -0.25) is 4.79 Å². The summed E-state index contributed by atoms with van der Waals surface area (Å²) in [5, 5.41) is 6.33. The van der Waals surface area contributed by atoms with Crippen molar-refractivity contribution in [3.05, 3.63) is 29.8 Å². The van der Waals surface area contributed by atoms with Crippen molar-refractivity contribution in [1.29, 1.82) is 0 Å². The van der Waals surface area contributed by atoms with E-state index in [1.54, 1.807) is 0 Å². The lowest BCUT2D eigenvalue weighted by atomic mass is 10.0. The van der Waals surface area contributed by atoms with Crippen molar-refractivity contribution < 1.29 is 9.53 Å². The number of amides is 1. The van der Waals surface area contributed by atoms with Crippen LogP contribution in [0.1, 0.15) is 38.8 Å². The minimum absolute atomic E-state index is 0.00720. The molecule has 2 N–H and O–H groups in total. The number of hydrogen-bond acceptors (Lipinski definition) is 3. The average Bonchev–Trinajstić information content (AvgIpc) is 2.86. The number of hydrogen-bond donors (Lipinski definition) is 2. The molecule has 2 rings (SSSR count). The van der Waals surface area contributed by atoms with E-state index in [0.717, 1.165) is 24.3 Å². The van der Waals surface area contributed by atoms with Crippen LogP contribution in [0.3, 0.4) is 0 Å². The van der Waals surface area contributed by atoms with E-state index < -0.39 is 0 Å². The van der Waals surface area contributed by atoms with E-state index >= 15 is 0 Å². The van der Waals surface area contributed by atoms with Gasteiger partial charge in [-0.1, -0.05) is 19.1 Å². The molecule has 4 nitrogen and oxygen atoms in total. The predicted octanol–water partition coefficient (Wildman–Crippen LogP) is 2.26. The molecule has 4 heteroatoms. The molecular weight excluding hydrogens is 252 g/mol. The minimum atomic E-state index is -0.0554. The highest BCUT2D eigenvalue weighted by Gasteiger charge is 2.29. The van der Waals surface area contributed by atoms with Crippen LogP contribution < -0.4 is 15.4 Å². The van der Waals surface area contributed by atoms with Gasteiger partial charge in [-0.05, 0) is 50.4 Å². The van der Waals surface area contributed by atoms with Gasteiger partial charge in [0.2, 0.25) is 5.91 Å².